The minimum absolute atomic E-state index is 0.0161. The van der Waals surface area contributed by atoms with Gasteiger partial charge in [-0.2, -0.15) is 0 Å². The minimum atomic E-state index is -3.70. The maximum atomic E-state index is 12.5. The first-order chi connectivity index (χ1) is 11.2. The first-order valence-corrected chi connectivity index (χ1v) is 10.2. The van der Waals surface area contributed by atoms with E-state index in [-0.39, 0.29) is 16.5 Å². The van der Waals surface area contributed by atoms with Crippen LogP contribution in [0.4, 0.5) is 0 Å². The van der Waals surface area contributed by atoms with E-state index in [9.17, 15) is 13.2 Å². The lowest BCUT2D eigenvalue weighted by Crippen LogP contribution is -2.32. The van der Waals surface area contributed by atoms with Crippen LogP contribution in [-0.4, -0.2) is 19.5 Å². The molecule has 0 aliphatic rings. The average Bonchev–Trinajstić information content (AvgIpc) is 2.93. The minimum Gasteiger partial charge on any atom is -0.477 e. The van der Waals surface area contributed by atoms with Crippen molar-refractivity contribution in [1.82, 2.24) is 4.72 Å². The molecule has 0 saturated carbocycles. The molecule has 1 heterocycles. The van der Waals surface area contributed by atoms with Crippen LogP contribution in [-0.2, 0) is 15.8 Å². The van der Waals surface area contributed by atoms with Crippen LogP contribution >= 0.6 is 22.9 Å². The fraction of sp³-hybridized carbons (Fsp3) is 0.312. The van der Waals surface area contributed by atoms with E-state index in [1.165, 1.54) is 6.07 Å². The molecule has 1 unspecified atom stereocenters. The second-order valence-electron chi connectivity index (χ2n) is 5.73. The second kappa shape index (κ2) is 7.65. The van der Waals surface area contributed by atoms with Crippen molar-refractivity contribution < 1.29 is 18.3 Å². The molecule has 0 amide bonds. The van der Waals surface area contributed by atoms with Crippen LogP contribution in [0.15, 0.2) is 35.7 Å². The zero-order chi connectivity index (χ0) is 17.9. The highest BCUT2D eigenvalue weighted by Gasteiger charge is 2.25. The van der Waals surface area contributed by atoms with Crippen LogP contribution < -0.4 is 4.72 Å². The van der Waals surface area contributed by atoms with Crippen molar-refractivity contribution in [3.63, 3.8) is 0 Å². The van der Waals surface area contributed by atoms with E-state index in [1.807, 2.05) is 13.8 Å². The summed E-state index contributed by atoms with van der Waals surface area (Å²) in [5, 5.41) is 11.3. The van der Waals surface area contributed by atoms with Crippen molar-refractivity contribution in [2.24, 2.45) is 5.92 Å². The topological polar surface area (TPSA) is 83.5 Å². The summed E-state index contributed by atoms with van der Waals surface area (Å²) in [7, 11) is -3.70. The molecule has 0 aliphatic carbocycles. The number of thiophene rings is 1. The van der Waals surface area contributed by atoms with Crippen LogP contribution in [0.5, 0.6) is 0 Å². The van der Waals surface area contributed by atoms with E-state index in [0.717, 1.165) is 16.9 Å². The molecule has 5 nitrogen and oxygen atoms in total. The lowest BCUT2D eigenvalue weighted by Gasteiger charge is -2.23. The number of benzene rings is 1. The quantitative estimate of drug-likeness (QED) is 0.754. The smallest absolute Gasteiger partial charge is 0.346 e. The molecule has 130 valence electrons. The molecule has 1 atom stereocenters. The fourth-order valence-corrected chi connectivity index (χ4v) is 4.84. The van der Waals surface area contributed by atoms with Crippen molar-refractivity contribution in [3.05, 3.63) is 56.7 Å². The van der Waals surface area contributed by atoms with Gasteiger partial charge in [0, 0.05) is 11.1 Å². The lowest BCUT2D eigenvalue weighted by molar-refractivity contribution is 0.0701. The van der Waals surface area contributed by atoms with Gasteiger partial charge in [0.1, 0.15) is 4.88 Å². The molecule has 0 saturated heterocycles. The summed E-state index contributed by atoms with van der Waals surface area (Å²) in [5.74, 6) is -1.47. The Bertz CT molecular complexity index is 813. The SMILES string of the molecule is CC(C)C(NS(=O)(=O)Cc1ccsc1C(=O)O)c1ccc(Cl)cc1. The van der Waals surface area contributed by atoms with Gasteiger partial charge in [0.15, 0.2) is 0 Å². The molecule has 0 radical (unpaired) electrons. The van der Waals surface area contributed by atoms with E-state index in [1.54, 1.807) is 29.6 Å². The third-order valence-electron chi connectivity index (χ3n) is 3.49. The Labute approximate surface area is 150 Å². The number of carboxylic acids is 1. The van der Waals surface area contributed by atoms with Crippen LogP contribution in [0, 0.1) is 5.92 Å². The standard InChI is InChI=1S/C16H18ClNO4S2/c1-10(2)14(11-3-5-13(17)6-4-11)18-24(21,22)9-12-7-8-23-15(12)16(19)20/h3-8,10,14,18H,9H2,1-2H3,(H,19,20). The van der Waals surface area contributed by atoms with Crippen molar-refractivity contribution in [2.45, 2.75) is 25.6 Å². The lowest BCUT2D eigenvalue weighted by atomic mass is 9.97. The Hall–Kier alpha value is -1.41. The highest BCUT2D eigenvalue weighted by atomic mass is 35.5. The fourth-order valence-electron chi connectivity index (χ4n) is 2.34. The van der Waals surface area contributed by atoms with E-state index in [4.69, 9.17) is 16.7 Å². The molecule has 1 aromatic carbocycles. The number of hydrogen-bond donors (Lipinski definition) is 2. The second-order valence-corrected chi connectivity index (χ2v) is 8.84. The van der Waals surface area contributed by atoms with Crippen LogP contribution in [0.2, 0.25) is 5.02 Å². The summed E-state index contributed by atoms with van der Waals surface area (Å²) in [6.45, 7) is 3.82. The number of sulfonamides is 1. The molecule has 0 spiro atoms. The summed E-state index contributed by atoms with van der Waals surface area (Å²) in [6.07, 6.45) is 0. The molecular weight excluding hydrogens is 370 g/mol. The van der Waals surface area contributed by atoms with E-state index < -0.39 is 22.0 Å². The Balaban J connectivity index is 2.23. The summed E-state index contributed by atoms with van der Waals surface area (Å²) in [6, 6.07) is 8.09. The highest BCUT2D eigenvalue weighted by Crippen LogP contribution is 2.26. The molecule has 0 fully saturated rings. The number of carbonyl (C=O) groups is 1. The van der Waals surface area contributed by atoms with Gasteiger partial charge in [-0.25, -0.2) is 17.9 Å². The predicted octanol–water partition coefficient (Wildman–Crippen LogP) is 3.92. The molecular formula is C16H18ClNO4S2. The van der Waals surface area contributed by atoms with Gasteiger partial charge in [-0.05, 0) is 40.6 Å². The van der Waals surface area contributed by atoms with Crippen LogP contribution in [0.1, 0.15) is 40.7 Å². The normalized spacial score (nSPS) is 13.2. The molecule has 0 bridgehead atoms. The van der Waals surface area contributed by atoms with Gasteiger partial charge in [-0.3, -0.25) is 0 Å². The van der Waals surface area contributed by atoms with Gasteiger partial charge in [-0.1, -0.05) is 37.6 Å². The van der Waals surface area contributed by atoms with Gasteiger partial charge in [0.05, 0.1) is 5.75 Å². The third-order valence-corrected chi connectivity index (χ3v) is 5.99. The van der Waals surface area contributed by atoms with E-state index in [0.29, 0.717) is 10.6 Å². The van der Waals surface area contributed by atoms with Crippen LogP contribution in [0.3, 0.4) is 0 Å². The molecule has 1 aromatic heterocycles. The molecule has 2 aromatic rings. The Morgan fingerprint density at radius 1 is 1.25 bits per heavy atom. The maximum absolute atomic E-state index is 12.5. The summed E-state index contributed by atoms with van der Waals surface area (Å²) in [4.78, 5) is 11.2. The number of rotatable bonds is 7. The number of carboxylic acid groups (broad SMARTS) is 1. The number of nitrogens with one attached hydrogen (secondary N) is 1. The first kappa shape index (κ1) is 18.9. The molecule has 24 heavy (non-hydrogen) atoms. The first-order valence-electron chi connectivity index (χ1n) is 7.24. The molecule has 2 N–H and O–H groups in total. The molecule has 0 aliphatic heterocycles. The Morgan fingerprint density at radius 2 is 1.88 bits per heavy atom. The highest BCUT2D eigenvalue weighted by molar-refractivity contribution is 7.88. The van der Waals surface area contributed by atoms with Crippen LogP contribution in [0.25, 0.3) is 0 Å². The Morgan fingerprint density at radius 3 is 2.42 bits per heavy atom. The van der Waals surface area contributed by atoms with Crippen molar-refractivity contribution >= 4 is 38.9 Å². The van der Waals surface area contributed by atoms with Gasteiger partial charge in [0.2, 0.25) is 10.0 Å². The number of halogens is 1. The zero-order valence-electron chi connectivity index (χ0n) is 13.2. The summed E-state index contributed by atoms with van der Waals surface area (Å²) < 4.78 is 27.7. The van der Waals surface area contributed by atoms with Gasteiger partial charge >= 0.3 is 5.97 Å². The van der Waals surface area contributed by atoms with Gasteiger partial charge in [-0.15, -0.1) is 11.3 Å². The third kappa shape index (κ3) is 4.80. The zero-order valence-corrected chi connectivity index (χ0v) is 15.6. The summed E-state index contributed by atoms with van der Waals surface area (Å²) in [5.41, 5.74) is 1.10. The predicted molar refractivity (Wildman–Crippen MR) is 96.1 cm³/mol. The van der Waals surface area contributed by atoms with Gasteiger partial charge in [0.25, 0.3) is 0 Å². The maximum Gasteiger partial charge on any atom is 0.346 e. The van der Waals surface area contributed by atoms with E-state index in [2.05, 4.69) is 4.72 Å². The van der Waals surface area contributed by atoms with Crippen molar-refractivity contribution in [2.75, 3.05) is 0 Å². The van der Waals surface area contributed by atoms with Gasteiger partial charge < -0.3 is 5.11 Å². The summed E-state index contributed by atoms with van der Waals surface area (Å²) >= 11 is 6.89. The van der Waals surface area contributed by atoms with E-state index >= 15 is 0 Å². The van der Waals surface area contributed by atoms with Crippen molar-refractivity contribution in [1.29, 1.82) is 0 Å². The average molecular weight is 388 g/mol. The molecule has 8 heteroatoms. The monoisotopic (exact) mass is 387 g/mol. The van der Waals surface area contributed by atoms with Crippen molar-refractivity contribution in [3.8, 4) is 0 Å². The number of hydrogen-bond acceptors (Lipinski definition) is 4. The number of aromatic carboxylic acids is 1. The Kier molecular flexibility index (Phi) is 6.03. The largest absolute Gasteiger partial charge is 0.477 e. The molecule has 2 rings (SSSR count).